The smallest absolute Gasteiger partial charge is 0.341 e. The predicted octanol–water partition coefficient (Wildman–Crippen LogP) is 1.71. The minimum absolute atomic E-state index is 0.0286. The second-order valence-corrected chi connectivity index (χ2v) is 9.33. The molecule has 2 aliphatic rings. The Kier molecular flexibility index (Phi) is 6.05. The summed E-state index contributed by atoms with van der Waals surface area (Å²) in [6, 6.07) is 1.10. The van der Waals surface area contributed by atoms with E-state index in [1.165, 1.54) is 10.9 Å². The van der Waals surface area contributed by atoms with E-state index in [1.54, 1.807) is 49.2 Å². The highest BCUT2D eigenvalue weighted by molar-refractivity contribution is 5.97. The lowest BCUT2D eigenvalue weighted by atomic mass is 10.0. The highest BCUT2D eigenvalue weighted by Gasteiger charge is 2.35. The second kappa shape index (κ2) is 9.70. The van der Waals surface area contributed by atoms with Gasteiger partial charge in [-0.2, -0.15) is 0 Å². The molecule has 1 aromatic carbocycles. The number of nitrogens with zero attached hydrogens (tertiary/aromatic N) is 7. The van der Waals surface area contributed by atoms with E-state index in [1.807, 2.05) is 4.90 Å². The fourth-order valence-electron chi connectivity index (χ4n) is 5.07. The van der Waals surface area contributed by atoms with Crippen molar-refractivity contribution in [2.45, 2.75) is 12.6 Å². The molecule has 3 aromatic heterocycles. The van der Waals surface area contributed by atoms with Crippen LogP contribution in [-0.4, -0.2) is 68.7 Å². The van der Waals surface area contributed by atoms with Crippen LogP contribution in [0.1, 0.15) is 16.8 Å². The summed E-state index contributed by atoms with van der Waals surface area (Å²) in [5.41, 5.74) is -0.652. The lowest BCUT2D eigenvalue weighted by Crippen LogP contribution is -2.40. The Bertz CT molecular complexity index is 1560. The number of anilines is 3. The van der Waals surface area contributed by atoms with E-state index < -0.39 is 22.8 Å². The third-order valence-corrected chi connectivity index (χ3v) is 6.89. The molecule has 6 rings (SSSR count). The Balaban J connectivity index is 1.37. The van der Waals surface area contributed by atoms with Gasteiger partial charge in [0.1, 0.15) is 34.6 Å². The molecule has 0 aliphatic carbocycles. The second-order valence-electron chi connectivity index (χ2n) is 9.33. The number of carboxylic acids is 1. The minimum Gasteiger partial charge on any atom is -0.477 e. The first-order chi connectivity index (χ1) is 18.9. The van der Waals surface area contributed by atoms with Crippen molar-refractivity contribution in [3.63, 3.8) is 0 Å². The van der Waals surface area contributed by atoms with Crippen LogP contribution >= 0.6 is 0 Å². The summed E-state index contributed by atoms with van der Waals surface area (Å²) < 4.78 is 23.2. The molecule has 4 aromatic rings. The van der Waals surface area contributed by atoms with Gasteiger partial charge in [-0.05, 0) is 12.5 Å². The molecule has 39 heavy (non-hydrogen) atoms. The van der Waals surface area contributed by atoms with Gasteiger partial charge in [0.05, 0.1) is 17.8 Å². The molecule has 0 saturated carbocycles. The first kappa shape index (κ1) is 24.3. The summed E-state index contributed by atoms with van der Waals surface area (Å²) in [4.78, 5) is 43.3. The molecule has 1 saturated heterocycles. The van der Waals surface area contributed by atoms with Crippen molar-refractivity contribution in [3.05, 3.63) is 71.0 Å². The molecule has 0 radical (unpaired) electrons. The third kappa shape index (κ3) is 4.39. The topological polar surface area (TPSA) is 151 Å². The van der Waals surface area contributed by atoms with Crippen LogP contribution in [0.5, 0.6) is 5.75 Å². The van der Waals surface area contributed by atoms with Crippen LogP contribution in [0.3, 0.4) is 0 Å². The van der Waals surface area contributed by atoms with E-state index in [0.717, 1.165) is 6.07 Å². The van der Waals surface area contributed by atoms with Crippen LogP contribution in [0.25, 0.3) is 10.9 Å². The number of hydrogen-bond donors (Lipinski definition) is 3. The summed E-state index contributed by atoms with van der Waals surface area (Å²) in [6.07, 6.45) is 11.2. The molecule has 1 unspecified atom stereocenters. The summed E-state index contributed by atoms with van der Waals surface area (Å²) >= 11 is 0. The molecule has 1 atom stereocenters. The van der Waals surface area contributed by atoms with Gasteiger partial charge in [0.15, 0.2) is 18.3 Å². The Hall–Kier alpha value is -5.01. The number of nitrogens with one attached hydrogen (secondary N) is 2. The zero-order chi connectivity index (χ0) is 27.1. The van der Waals surface area contributed by atoms with E-state index in [2.05, 4.69) is 30.6 Å². The standard InChI is InChI=1S/C25H24FN9O4/c1-33-13-39-23-20-15(22(36)16(25(37)38)12-35(20)33)8-17(26)21(23)34-7-2-14(11-34)24(31-18-9-27-3-5-29-18)32-19-10-28-4-6-30-19/h3-6,8-10,12,14,24H,2,7,11,13H2,1H3,(H,29,31)(H,30,32)(H,37,38). The Morgan fingerprint density at radius 2 is 1.85 bits per heavy atom. The zero-order valence-electron chi connectivity index (χ0n) is 20.8. The maximum absolute atomic E-state index is 15.7. The number of pyridine rings is 1. The van der Waals surface area contributed by atoms with Crippen LogP contribution in [0.4, 0.5) is 21.7 Å². The zero-order valence-corrected chi connectivity index (χ0v) is 20.8. The van der Waals surface area contributed by atoms with Crippen molar-refractivity contribution in [1.29, 1.82) is 0 Å². The quantitative estimate of drug-likeness (QED) is 0.297. The van der Waals surface area contributed by atoms with Gasteiger partial charge in [-0.1, -0.05) is 0 Å². The SMILES string of the molecule is CN1COc2c(N3CCC(C(Nc4cnccn4)Nc4cnccn4)C3)c(F)cc3c(=O)c(C(=O)O)cn1c23. The molecule has 0 spiro atoms. The molecule has 200 valence electrons. The van der Waals surface area contributed by atoms with E-state index in [4.69, 9.17) is 4.74 Å². The normalized spacial score (nSPS) is 16.4. The van der Waals surface area contributed by atoms with E-state index in [0.29, 0.717) is 36.7 Å². The lowest BCUT2D eigenvalue weighted by molar-refractivity contribution is 0.0694. The van der Waals surface area contributed by atoms with E-state index >= 15 is 4.39 Å². The maximum Gasteiger partial charge on any atom is 0.341 e. The molecular formula is C25H24FN9O4. The lowest BCUT2D eigenvalue weighted by Gasteiger charge is -2.33. The Morgan fingerprint density at radius 3 is 2.46 bits per heavy atom. The first-order valence-corrected chi connectivity index (χ1v) is 12.2. The fourth-order valence-corrected chi connectivity index (χ4v) is 5.07. The van der Waals surface area contributed by atoms with Crippen molar-refractivity contribution in [2.75, 3.05) is 47.4 Å². The number of carboxylic acid groups (broad SMARTS) is 1. The summed E-state index contributed by atoms with van der Waals surface area (Å²) in [6.45, 7) is 0.998. The summed E-state index contributed by atoms with van der Waals surface area (Å²) in [5, 5.41) is 17.8. The van der Waals surface area contributed by atoms with Crippen LogP contribution in [0.15, 0.2) is 54.2 Å². The van der Waals surface area contributed by atoms with Gasteiger partial charge >= 0.3 is 5.97 Å². The van der Waals surface area contributed by atoms with Gasteiger partial charge in [0.2, 0.25) is 5.43 Å². The number of halogens is 1. The van der Waals surface area contributed by atoms with Crippen LogP contribution in [-0.2, 0) is 0 Å². The van der Waals surface area contributed by atoms with Gasteiger partial charge in [0.25, 0.3) is 0 Å². The molecule has 1 fully saturated rings. The van der Waals surface area contributed by atoms with Crippen molar-refractivity contribution >= 4 is 34.2 Å². The summed E-state index contributed by atoms with van der Waals surface area (Å²) in [7, 11) is 1.69. The molecule has 0 amide bonds. The number of ether oxygens (including phenoxy) is 1. The highest BCUT2D eigenvalue weighted by atomic mass is 19.1. The highest BCUT2D eigenvalue weighted by Crippen LogP contribution is 2.42. The molecule has 14 heteroatoms. The van der Waals surface area contributed by atoms with Gasteiger partial charge in [-0.15, -0.1) is 0 Å². The predicted molar refractivity (Wildman–Crippen MR) is 140 cm³/mol. The Morgan fingerprint density at radius 1 is 1.15 bits per heavy atom. The van der Waals surface area contributed by atoms with E-state index in [-0.39, 0.29) is 35.6 Å². The number of hydrogen-bond acceptors (Lipinski definition) is 11. The van der Waals surface area contributed by atoms with Gasteiger partial charge < -0.3 is 25.4 Å². The number of aromatic carboxylic acids is 1. The van der Waals surface area contributed by atoms with Crippen molar-refractivity contribution < 1.29 is 19.0 Å². The largest absolute Gasteiger partial charge is 0.477 e. The average Bonchev–Trinajstić information content (AvgIpc) is 3.42. The van der Waals surface area contributed by atoms with Crippen molar-refractivity contribution in [2.24, 2.45) is 5.92 Å². The number of rotatable bonds is 7. The fraction of sp³-hybridized carbons (Fsp3) is 0.280. The van der Waals surface area contributed by atoms with Gasteiger partial charge in [-0.25, -0.2) is 19.2 Å². The third-order valence-electron chi connectivity index (χ3n) is 6.89. The monoisotopic (exact) mass is 533 g/mol. The Labute approximate surface area is 220 Å². The summed E-state index contributed by atoms with van der Waals surface area (Å²) in [5.74, 6) is -0.731. The van der Waals surface area contributed by atoms with Crippen LogP contribution in [0.2, 0.25) is 0 Å². The van der Waals surface area contributed by atoms with Crippen molar-refractivity contribution in [1.82, 2.24) is 24.6 Å². The first-order valence-electron chi connectivity index (χ1n) is 12.2. The average molecular weight is 534 g/mol. The number of carbonyl (C=O) groups is 1. The number of aromatic nitrogens is 5. The molecule has 3 N–H and O–H groups in total. The molecule has 2 aliphatic heterocycles. The van der Waals surface area contributed by atoms with Crippen molar-refractivity contribution in [3.8, 4) is 5.75 Å². The van der Waals surface area contributed by atoms with Crippen LogP contribution in [0, 0.1) is 11.7 Å². The van der Waals surface area contributed by atoms with Crippen LogP contribution < -0.4 is 30.7 Å². The van der Waals surface area contributed by atoms with E-state index in [9.17, 15) is 14.7 Å². The molecule has 0 bridgehead atoms. The molecule has 5 heterocycles. The minimum atomic E-state index is -1.38. The molecular weight excluding hydrogens is 509 g/mol. The number of benzene rings is 1. The molecule has 13 nitrogen and oxygen atoms in total. The maximum atomic E-state index is 15.7. The van der Waals surface area contributed by atoms with Gasteiger partial charge in [-0.3, -0.25) is 24.4 Å². The van der Waals surface area contributed by atoms with Gasteiger partial charge in [0, 0.05) is 57.0 Å².